The summed E-state index contributed by atoms with van der Waals surface area (Å²) in [6.07, 6.45) is 1.70. The summed E-state index contributed by atoms with van der Waals surface area (Å²) in [7, 11) is 1.57. The molecular weight excluding hydrogens is 286 g/mol. The van der Waals surface area contributed by atoms with Crippen LogP contribution in [0.3, 0.4) is 0 Å². The van der Waals surface area contributed by atoms with Crippen LogP contribution in [0.25, 0.3) is 5.69 Å². The molecule has 0 saturated carbocycles. The number of methoxy groups -OCH3 is 1. The van der Waals surface area contributed by atoms with Gasteiger partial charge in [0, 0.05) is 16.7 Å². The van der Waals surface area contributed by atoms with Gasteiger partial charge < -0.3 is 14.4 Å². The highest BCUT2D eigenvalue weighted by Crippen LogP contribution is 2.24. The largest absolute Gasteiger partial charge is 0.497 e. The molecule has 0 aliphatic heterocycles. The highest BCUT2D eigenvalue weighted by molar-refractivity contribution is 9.10. The van der Waals surface area contributed by atoms with Crippen molar-refractivity contribution in [3.63, 3.8) is 0 Å². The number of benzene rings is 1. The first-order valence-corrected chi connectivity index (χ1v) is 5.66. The molecule has 0 radical (unpaired) electrons. The second kappa shape index (κ2) is 4.63. The summed E-state index contributed by atoms with van der Waals surface area (Å²) in [5.41, 5.74) is 0.948. The number of carboxylic acid groups (broad SMARTS) is 1. The normalized spacial score (nSPS) is 10.2. The maximum atomic E-state index is 11.0. The highest BCUT2D eigenvalue weighted by atomic mass is 79.9. The number of nitrogens with zero attached hydrogens (tertiary/aromatic N) is 1. The number of carbonyl (C=O) groups is 1. The smallest absolute Gasteiger partial charge is 0.352 e. The molecule has 0 aliphatic carbocycles. The van der Waals surface area contributed by atoms with E-state index >= 15 is 0 Å². The van der Waals surface area contributed by atoms with Gasteiger partial charge in [-0.3, -0.25) is 0 Å². The maximum absolute atomic E-state index is 11.0. The maximum Gasteiger partial charge on any atom is 0.352 e. The lowest BCUT2D eigenvalue weighted by atomic mass is 10.3. The predicted octanol–water partition coefficient (Wildman–Crippen LogP) is 2.95. The molecule has 1 heterocycles. The fourth-order valence-electron chi connectivity index (χ4n) is 1.59. The Morgan fingerprint density at radius 2 is 2.18 bits per heavy atom. The van der Waals surface area contributed by atoms with Crippen LogP contribution >= 0.6 is 15.9 Å². The van der Waals surface area contributed by atoms with Gasteiger partial charge in [0.05, 0.1) is 12.8 Å². The molecule has 0 fully saturated rings. The molecule has 0 bridgehead atoms. The van der Waals surface area contributed by atoms with Crippen molar-refractivity contribution in [1.82, 2.24) is 4.57 Å². The van der Waals surface area contributed by atoms with E-state index in [1.54, 1.807) is 36.1 Å². The van der Waals surface area contributed by atoms with Gasteiger partial charge in [0.25, 0.3) is 0 Å². The molecule has 1 aromatic heterocycles. The number of carboxylic acids is 1. The van der Waals surface area contributed by atoms with Crippen molar-refractivity contribution in [2.24, 2.45) is 0 Å². The van der Waals surface area contributed by atoms with Crippen molar-refractivity contribution in [3.05, 3.63) is 46.7 Å². The molecule has 0 aliphatic rings. The first kappa shape index (κ1) is 11.7. The zero-order chi connectivity index (χ0) is 12.4. The number of hydrogen-bond acceptors (Lipinski definition) is 2. The van der Waals surface area contributed by atoms with Gasteiger partial charge in [-0.05, 0) is 24.3 Å². The molecule has 17 heavy (non-hydrogen) atoms. The van der Waals surface area contributed by atoms with E-state index in [-0.39, 0.29) is 5.69 Å². The van der Waals surface area contributed by atoms with Crippen molar-refractivity contribution >= 4 is 21.9 Å². The molecule has 5 heteroatoms. The fourth-order valence-corrected chi connectivity index (χ4v) is 2.05. The van der Waals surface area contributed by atoms with Crippen LogP contribution in [-0.2, 0) is 0 Å². The zero-order valence-corrected chi connectivity index (χ0v) is 10.6. The minimum absolute atomic E-state index is 0.213. The molecule has 1 aromatic carbocycles. The van der Waals surface area contributed by atoms with Gasteiger partial charge in [0.2, 0.25) is 0 Å². The molecule has 0 amide bonds. The van der Waals surface area contributed by atoms with E-state index in [1.165, 1.54) is 0 Å². The molecule has 0 atom stereocenters. The Morgan fingerprint density at radius 3 is 2.82 bits per heavy atom. The Balaban J connectivity index is 2.56. The number of rotatable bonds is 3. The third-order valence-electron chi connectivity index (χ3n) is 2.34. The SMILES string of the molecule is COc1cc(Br)cc(-n2cccc2C(=O)O)c1. The lowest BCUT2D eigenvalue weighted by Gasteiger charge is -2.09. The molecule has 2 aromatic rings. The summed E-state index contributed by atoms with van der Waals surface area (Å²) in [5, 5.41) is 9.05. The molecule has 2 rings (SSSR count). The first-order valence-electron chi connectivity index (χ1n) is 4.87. The molecule has 0 spiro atoms. The second-order valence-corrected chi connectivity index (χ2v) is 4.33. The molecule has 4 nitrogen and oxygen atoms in total. The van der Waals surface area contributed by atoms with Gasteiger partial charge in [0.1, 0.15) is 11.4 Å². The van der Waals surface area contributed by atoms with Crippen LogP contribution in [0, 0.1) is 0 Å². The van der Waals surface area contributed by atoms with Crippen LogP contribution in [0.5, 0.6) is 5.75 Å². The predicted molar refractivity (Wildman–Crippen MR) is 67.0 cm³/mol. The van der Waals surface area contributed by atoms with Gasteiger partial charge in [-0.25, -0.2) is 4.79 Å². The van der Waals surface area contributed by atoms with Gasteiger partial charge >= 0.3 is 5.97 Å². The summed E-state index contributed by atoms with van der Waals surface area (Å²) in [6.45, 7) is 0. The van der Waals surface area contributed by atoms with Crippen molar-refractivity contribution in [2.75, 3.05) is 7.11 Å². The second-order valence-electron chi connectivity index (χ2n) is 3.42. The van der Waals surface area contributed by atoms with Crippen LogP contribution in [0.1, 0.15) is 10.5 Å². The molecule has 0 unspecified atom stereocenters. The van der Waals surface area contributed by atoms with Gasteiger partial charge in [-0.1, -0.05) is 15.9 Å². The van der Waals surface area contributed by atoms with Crippen LogP contribution in [0.2, 0.25) is 0 Å². The van der Waals surface area contributed by atoms with E-state index in [2.05, 4.69) is 15.9 Å². The Bertz CT molecular complexity index is 563. The van der Waals surface area contributed by atoms with Crippen LogP contribution in [-0.4, -0.2) is 22.8 Å². The fraction of sp³-hybridized carbons (Fsp3) is 0.0833. The monoisotopic (exact) mass is 295 g/mol. The van der Waals surface area contributed by atoms with Crippen molar-refractivity contribution in [2.45, 2.75) is 0 Å². The minimum atomic E-state index is -0.964. The van der Waals surface area contributed by atoms with E-state index in [0.29, 0.717) is 5.75 Å². The Hall–Kier alpha value is -1.75. The molecule has 0 saturated heterocycles. The number of aromatic carboxylic acids is 1. The van der Waals surface area contributed by atoms with E-state index in [1.807, 2.05) is 12.1 Å². The Kier molecular flexibility index (Phi) is 3.19. The Labute approximate surface area is 107 Å². The lowest BCUT2D eigenvalue weighted by Crippen LogP contribution is -2.05. The number of ether oxygens (including phenoxy) is 1. The van der Waals surface area contributed by atoms with E-state index in [9.17, 15) is 4.79 Å². The van der Waals surface area contributed by atoms with Crippen molar-refractivity contribution < 1.29 is 14.6 Å². The van der Waals surface area contributed by atoms with Crippen molar-refractivity contribution in [3.8, 4) is 11.4 Å². The molecule has 1 N–H and O–H groups in total. The third-order valence-corrected chi connectivity index (χ3v) is 2.80. The highest BCUT2D eigenvalue weighted by Gasteiger charge is 2.11. The van der Waals surface area contributed by atoms with Gasteiger partial charge in [0.15, 0.2) is 0 Å². The van der Waals surface area contributed by atoms with E-state index in [0.717, 1.165) is 10.2 Å². The van der Waals surface area contributed by atoms with E-state index < -0.39 is 5.97 Å². The summed E-state index contributed by atoms with van der Waals surface area (Å²) in [6, 6.07) is 8.66. The van der Waals surface area contributed by atoms with Gasteiger partial charge in [-0.2, -0.15) is 0 Å². The Morgan fingerprint density at radius 1 is 1.41 bits per heavy atom. The lowest BCUT2D eigenvalue weighted by molar-refractivity contribution is 0.0688. The van der Waals surface area contributed by atoms with E-state index in [4.69, 9.17) is 9.84 Å². The average molecular weight is 296 g/mol. The zero-order valence-electron chi connectivity index (χ0n) is 9.05. The minimum Gasteiger partial charge on any atom is -0.497 e. The molecule has 88 valence electrons. The quantitative estimate of drug-likeness (QED) is 0.947. The summed E-state index contributed by atoms with van der Waals surface area (Å²) < 4.78 is 7.57. The first-order chi connectivity index (χ1) is 8.11. The number of hydrogen-bond donors (Lipinski definition) is 1. The van der Waals surface area contributed by atoms with Crippen LogP contribution < -0.4 is 4.74 Å². The average Bonchev–Trinajstić information content (AvgIpc) is 2.77. The summed E-state index contributed by atoms with van der Waals surface area (Å²) in [4.78, 5) is 11.0. The number of aromatic nitrogens is 1. The summed E-state index contributed by atoms with van der Waals surface area (Å²) in [5.74, 6) is -0.298. The van der Waals surface area contributed by atoms with Crippen LogP contribution in [0.4, 0.5) is 0 Å². The number of halogens is 1. The standard InChI is InChI=1S/C12H10BrNO3/c1-17-10-6-8(13)5-9(7-10)14-4-2-3-11(14)12(15)16/h2-7H,1H3,(H,15,16). The van der Waals surface area contributed by atoms with Crippen molar-refractivity contribution in [1.29, 1.82) is 0 Å². The summed E-state index contributed by atoms with van der Waals surface area (Å²) >= 11 is 3.36. The third kappa shape index (κ3) is 2.34. The topological polar surface area (TPSA) is 51.5 Å². The molecular formula is C12H10BrNO3. The van der Waals surface area contributed by atoms with Crippen LogP contribution in [0.15, 0.2) is 41.0 Å². The van der Waals surface area contributed by atoms with Gasteiger partial charge in [-0.15, -0.1) is 0 Å².